The van der Waals surface area contributed by atoms with Crippen molar-refractivity contribution >= 4 is 12.0 Å². The number of hydrogen-bond acceptors (Lipinski definition) is 2. The number of amides is 2. The standard InChI is InChI=1S/C12H24N2O3/c1-5-12(4,10(15)16)8-14-11(17)13-7-6-9(2)3/h9H,5-8H2,1-4H3,(H,15,16)(H2,13,14,17). The smallest absolute Gasteiger partial charge is 0.314 e. The van der Waals surface area contributed by atoms with Crippen LogP contribution in [0, 0.1) is 11.3 Å². The van der Waals surface area contributed by atoms with Gasteiger partial charge in [0.1, 0.15) is 0 Å². The van der Waals surface area contributed by atoms with E-state index in [2.05, 4.69) is 24.5 Å². The predicted octanol–water partition coefficient (Wildman–Crippen LogP) is 1.83. The average molecular weight is 244 g/mol. The van der Waals surface area contributed by atoms with Gasteiger partial charge in [-0.3, -0.25) is 4.79 Å². The number of carbonyl (C=O) groups excluding carboxylic acids is 1. The van der Waals surface area contributed by atoms with Gasteiger partial charge < -0.3 is 15.7 Å². The lowest BCUT2D eigenvalue weighted by Crippen LogP contribution is -2.44. The normalized spacial score (nSPS) is 14.2. The molecule has 100 valence electrons. The van der Waals surface area contributed by atoms with Gasteiger partial charge in [0.25, 0.3) is 0 Å². The molecule has 0 aliphatic carbocycles. The molecular formula is C12H24N2O3. The highest BCUT2D eigenvalue weighted by Gasteiger charge is 2.31. The zero-order valence-corrected chi connectivity index (χ0v) is 11.2. The molecule has 1 atom stereocenters. The largest absolute Gasteiger partial charge is 0.481 e. The van der Waals surface area contributed by atoms with Gasteiger partial charge in [0.15, 0.2) is 0 Å². The fourth-order valence-electron chi connectivity index (χ4n) is 1.16. The summed E-state index contributed by atoms with van der Waals surface area (Å²) >= 11 is 0. The van der Waals surface area contributed by atoms with Crippen molar-refractivity contribution in [2.24, 2.45) is 11.3 Å². The molecule has 0 aliphatic rings. The summed E-state index contributed by atoms with van der Waals surface area (Å²) in [6.07, 6.45) is 1.39. The number of rotatable bonds is 7. The van der Waals surface area contributed by atoms with Crippen molar-refractivity contribution in [1.29, 1.82) is 0 Å². The van der Waals surface area contributed by atoms with E-state index in [4.69, 9.17) is 5.11 Å². The maximum Gasteiger partial charge on any atom is 0.314 e. The van der Waals surface area contributed by atoms with Gasteiger partial charge >= 0.3 is 12.0 Å². The van der Waals surface area contributed by atoms with Crippen molar-refractivity contribution in [3.05, 3.63) is 0 Å². The van der Waals surface area contributed by atoms with Crippen molar-refractivity contribution in [1.82, 2.24) is 10.6 Å². The van der Waals surface area contributed by atoms with E-state index in [-0.39, 0.29) is 12.6 Å². The van der Waals surface area contributed by atoms with Gasteiger partial charge in [0.2, 0.25) is 0 Å². The number of hydrogen-bond donors (Lipinski definition) is 3. The fraction of sp³-hybridized carbons (Fsp3) is 0.833. The Kier molecular flexibility index (Phi) is 6.61. The molecule has 0 aliphatic heterocycles. The monoisotopic (exact) mass is 244 g/mol. The quantitative estimate of drug-likeness (QED) is 0.639. The second-order valence-corrected chi connectivity index (χ2v) is 5.01. The third-order valence-electron chi connectivity index (χ3n) is 2.94. The van der Waals surface area contributed by atoms with Crippen LogP contribution in [-0.4, -0.2) is 30.2 Å². The highest BCUT2D eigenvalue weighted by Crippen LogP contribution is 2.19. The second kappa shape index (κ2) is 7.14. The van der Waals surface area contributed by atoms with E-state index in [1.54, 1.807) is 13.8 Å². The molecule has 0 fully saturated rings. The Balaban J connectivity index is 3.94. The second-order valence-electron chi connectivity index (χ2n) is 5.01. The minimum absolute atomic E-state index is 0.145. The molecule has 0 radical (unpaired) electrons. The van der Waals surface area contributed by atoms with Crippen LogP contribution in [0.15, 0.2) is 0 Å². The highest BCUT2D eigenvalue weighted by molar-refractivity contribution is 5.77. The van der Waals surface area contributed by atoms with Crippen LogP contribution in [0.25, 0.3) is 0 Å². The Hall–Kier alpha value is -1.26. The molecule has 0 rings (SSSR count). The van der Waals surface area contributed by atoms with Gasteiger partial charge in [-0.15, -0.1) is 0 Å². The van der Waals surface area contributed by atoms with Gasteiger partial charge in [0, 0.05) is 13.1 Å². The van der Waals surface area contributed by atoms with E-state index < -0.39 is 11.4 Å². The molecule has 5 heteroatoms. The topological polar surface area (TPSA) is 78.4 Å². The lowest BCUT2D eigenvalue weighted by molar-refractivity contribution is -0.147. The lowest BCUT2D eigenvalue weighted by atomic mass is 9.88. The summed E-state index contributed by atoms with van der Waals surface area (Å²) in [6, 6.07) is -0.299. The number of urea groups is 1. The molecule has 0 bridgehead atoms. The Bertz CT molecular complexity index is 266. The SMILES string of the molecule is CCC(C)(CNC(=O)NCCC(C)C)C(=O)O. The summed E-state index contributed by atoms with van der Waals surface area (Å²) in [7, 11) is 0. The summed E-state index contributed by atoms with van der Waals surface area (Å²) in [5, 5.41) is 14.3. The summed E-state index contributed by atoms with van der Waals surface area (Å²) < 4.78 is 0. The Morgan fingerprint density at radius 1 is 1.29 bits per heavy atom. The summed E-state index contributed by atoms with van der Waals surface area (Å²) in [5.41, 5.74) is -0.893. The highest BCUT2D eigenvalue weighted by atomic mass is 16.4. The first kappa shape index (κ1) is 15.7. The molecule has 0 aromatic carbocycles. The van der Waals surface area contributed by atoms with Crippen LogP contribution in [0.2, 0.25) is 0 Å². The van der Waals surface area contributed by atoms with E-state index in [0.717, 1.165) is 6.42 Å². The molecule has 5 nitrogen and oxygen atoms in total. The van der Waals surface area contributed by atoms with E-state index >= 15 is 0 Å². The first-order valence-electron chi connectivity index (χ1n) is 6.07. The van der Waals surface area contributed by atoms with E-state index in [1.165, 1.54) is 0 Å². The molecule has 0 saturated heterocycles. The van der Waals surface area contributed by atoms with Gasteiger partial charge in [-0.1, -0.05) is 20.8 Å². The molecule has 3 N–H and O–H groups in total. The van der Waals surface area contributed by atoms with Crippen LogP contribution < -0.4 is 10.6 Å². The van der Waals surface area contributed by atoms with E-state index in [0.29, 0.717) is 18.9 Å². The number of carboxylic acids is 1. The van der Waals surface area contributed by atoms with Crippen LogP contribution in [0.3, 0.4) is 0 Å². The Morgan fingerprint density at radius 3 is 2.29 bits per heavy atom. The molecular weight excluding hydrogens is 220 g/mol. The van der Waals surface area contributed by atoms with Crippen molar-refractivity contribution in [3.63, 3.8) is 0 Å². The van der Waals surface area contributed by atoms with Gasteiger partial charge in [-0.25, -0.2) is 4.79 Å². The first-order chi connectivity index (χ1) is 7.81. The van der Waals surface area contributed by atoms with Crippen LogP contribution in [0.4, 0.5) is 4.79 Å². The first-order valence-corrected chi connectivity index (χ1v) is 6.07. The van der Waals surface area contributed by atoms with Crippen molar-refractivity contribution in [2.45, 2.75) is 40.5 Å². The molecule has 2 amide bonds. The van der Waals surface area contributed by atoms with Gasteiger partial charge in [0.05, 0.1) is 5.41 Å². The van der Waals surface area contributed by atoms with Crippen LogP contribution in [0.5, 0.6) is 0 Å². The zero-order chi connectivity index (χ0) is 13.5. The molecule has 1 unspecified atom stereocenters. The minimum atomic E-state index is -0.893. The maximum atomic E-state index is 11.4. The molecule has 17 heavy (non-hydrogen) atoms. The number of nitrogens with one attached hydrogen (secondary N) is 2. The minimum Gasteiger partial charge on any atom is -0.481 e. The summed E-state index contributed by atoms with van der Waals surface area (Å²) in [4.78, 5) is 22.4. The fourth-order valence-corrected chi connectivity index (χ4v) is 1.16. The molecule has 0 aromatic rings. The molecule has 0 aromatic heterocycles. The number of carbonyl (C=O) groups is 2. The lowest BCUT2D eigenvalue weighted by Gasteiger charge is -2.23. The number of carboxylic acid groups (broad SMARTS) is 1. The van der Waals surface area contributed by atoms with Crippen LogP contribution in [0.1, 0.15) is 40.5 Å². The van der Waals surface area contributed by atoms with Gasteiger partial charge in [-0.2, -0.15) is 0 Å². The van der Waals surface area contributed by atoms with Crippen LogP contribution >= 0.6 is 0 Å². The van der Waals surface area contributed by atoms with E-state index in [1.807, 2.05) is 0 Å². The zero-order valence-electron chi connectivity index (χ0n) is 11.2. The predicted molar refractivity (Wildman–Crippen MR) is 66.9 cm³/mol. The molecule has 0 spiro atoms. The summed E-state index contributed by atoms with van der Waals surface area (Å²) in [6.45, 7) is 8.35. The summed E-state index contributed by atoms with van der Waals surface area (Å²) in [5.74, 6) is -0.349. The van der Waals surface area contributed by atoms with Crippen molar-refractivity contribution < 1.29 is 14.7 Å². The third kappa shape index (κ3) is 6.14. The van der Waals surface area contributed by atoms with Crippen LogP contribution in [-0.2, 0) is 4.79 Å². The van der Waals surface area contributed by atoms with Gasteiger partial charge in [-0.05, 0) is 25.7 Å². The van der Waals surface area contributed by atoms with Crippen molar-refractivity contribution in [2.75, 3.05) is 13.1 Å². The average Bonchev–Trinajstić information content (AvgIpc) is 2.25. The van der Waals surface area contributed by atoms with Crippen molar-refractivity contribution in [3.8, 4) is 0 Å². The maximum absolute atomic E-state index is 11.4. The molecule has 0 saturated carbocycles. The number of aliphatic carboxylic acids is 1. The Labute approximate surface area is 103 Å². The third-order valence-corrected chi connectivity index (χ3v) is 2.94. The Morgan fingerprint density at radius 2 is 1.88 bits per heavy atom. The van der Waals surface area contributed by atoms with E-state index in [9.17, 15) is 9.59 Å². The molecule has 0 heterocycles.